The molecule has 1 aliphatic heterocycles. The summed E-state index contributed by atoms with van der Waals surface area (Å²) in [4.78, 5) is 29.8. The van der Waals surface area contributed by atoms with E-state index in [1.165, 1.54) is 0 Å². The highest BCUT2D eigenvalue weighted by molar-refractivity contribution is 5.97. The zero-order valence-electron chi connectivity index (χ0n) is 16.7. The summed E-state index contributed by atoms with van der Waals surface area (Å²) in [6.07, 6.45) is 16.3. The number of amides is 2. The third-order valence-corrected chi connectivity index (χ3v) is 4.31. The van der Waals surface area contributed by atoms with Gasteiger partial charge in [-0.25, -0.2) is 0 Å². The van der Waals surface area contributed by atoms with Gasteiger partial charge in [0.15, 0.2) is 0 Å². The summed E-state index contributed by atoms with van der Waals surface area (Å²) < 4.78 is 0. The fraction of sp³-hybridized carbons (Fsp3) is 0.381. The van der Waals surface area contributed by atoms with Crippen molar-refractivity contribution >= 4 is 18.2 Å². The highest BCUT2D eigenvalue weighted by Crippen LogP contribution is 2.11. The molecular weight excluding hydrogens is 354 g/mol. The number of amidine groups is 1. The first-order valence-corrected chi connectivity index (χ1v) is 9.54. The van der Waals surface area contributed by atoms with Crippen LogP contribution in [0.2, 0.25) is 0 Å². The van der Waals surface area contributed by atoms with E-state index in [4.69, 9.17) is 0 Å². The van der Waals surface area contributed by atoms with Gasteiger partial charge in [-0.05, 0) is 33.3 Å². The second-order valence-corrected chi connectivity index (χ2v) is 6.45. The predicted molar refractivity (Wildman–Crippen MR) is 112 cm³/mol. The Labute approximate surface area is 166 Å². The number of aliphatic imine (C=N–C) groups is 1. The van der Waals surface area contributed by atoms with Crippen molar-refractivity contribution in [3.63, 3.8) is 0 Å². The molecule has 2 unspecified atom stereocenters. The Morgan fingerprint density at radius 1 is 1.39 bits per heavy atom. The van der Waals surface area contributed by atoms with E-state index >= 15 is 0 Å². The van der Waals surface area contributed by atoms with E-state index < -0.39 is 0 Å². The smallest absolute Gasteiger partial charge is 0.251 e. The van der Waals surface area contributed by atoms with Gasteiger partial charge in [0.2, 0.25) is 6.41 Å². The van der Waals surface area contributed by atoms with E-state index in [2.05, 4.69) is 20.9 Å². The Hall–Kier alpha value is -3.09. The van der Waals surface area contributed by atoms with Gasteiger partial charge >= 0.3 is 0 Å². The zero-order valence-corrected chi connectivity index (χ0v) is 16.7. The number of allylic oxidation sites excluding steroid dienone is 3. The molecule has 0 spiro atoms. The first kappa shape index (κ1) is 21.2. The van der Waals surface area contributed by atoms with Crippen molar-refractivity contribution in [3.05, 3.63) is 60.0 Å². The van der Waals surface area contributed by atoms with Gasteiger partial charge in [-0.15, -0.1) is 0 Å². The Morgan fingerprint density at radius 2 is 2.21 bits per heavy atom. The van der Waals surface area contributed by atoms with E-state index in [0.29, 0.717) is 18.7 Å². The number of carbonyl (C=O) groups excluding carboxylic acids is 2. The molecule has 1 aliphatic carbocycles. The lowest BCUT2D eigenvalue weighted by atomic mass is 10.1. The van der Waals surface area contributed by atoms with E-state index in [9.17, 15) is 9.59 Å². The summed E-state index contributed by atoms with van der Waals surface area (Å²) in [6, 6.07) is -0.0261. The van der Waals surface area contributed by atoms with Crippen LogP contribution in [0.25, 0.3) is 0 Å². The largest absolute Gasteiger partial charge is 0.367 e. The molecule has 1 heterocycles. The molecule has 0 saturated carbocycles. The van der Waals surface area contributed by atoms with Gasteiger partial charge in [0.25, 0.3) is 5.91 Å². The standard InChI is InChI=1S/C21H29N5O2/c1-4-17(11-12-26(15-27)19-9-7-6-8-10-19)21(28)23-14-18-13-20(22-5-2)25-16(3)24-18/h4,6-9,11-13,15-16,19,24H,5,10,14H2,1-3H3,(H,22,25)(H,23,28)/b12-11-,17-4+. The predicted octanol–water partition coefficient (Wildman–Crippen LogP) is 1.75. The van der Waals surface area contributed by atoms with Crippen LogP contribution < -0.4 is 16.0 Å². The minimum Gasteiger partial charge on any atom is -0.367 e. The minimum atomic E-state index is -0.202. The van der Waals surface area contributed by atoms with E-state index in [1.54, 1.807) is 30.2 Å². The molecule has 0 saturated heterocycles. The van der Waals surface area contributed by atoms with Gasteiger partial charge in [-0.2, -0.15) is 0 Å². The van der Waals surface area contributed by atoms with Gasteiger partial charge < -0.3 is 20.9 Å². The second kappa shape index (κ2) is 10.9. The molecule has 2 amide bonds. The summed E-state index contributed by atoms with van der Waals surface area (Å²) in [5.74, 6) is 0.604. The van der Waals surface area contributed by atoms with Gasteiger partial charge in [-0.3, -0.25) is 14.6 Å². The van der Waals surface area contributed by atoms with Gasteiger partial charge in [0.05, 0.1) is 18.8 Å². The molecule has 0 aromatic heterocycles. The van der Waals surface area contributed by atoms with Crippen LogP contribution in [0.15, 0.2) is 65.0 Å². The Balaban J connectivity index is 1.96. The lowest BCUT2D eigenvalue weighted by molar-refractivity contribution is -0.118. The lowest BCUT2D eigenvalue weighted by Gasteiger charge is -2.26. The molecular formula is C21H29N5O2. The van der Waals surface area contributed by atoms with Crippen molar-refractivity contribution in [2.45, 2.75) is 39.4 Å². The Morgan fingerprint density at radius 3 is 2.86 bits per heavy atom. The lowest BCUT2D eigenvalue weighted by Crippen LogP contribution is -2.48. The summed E-state index contributed by atoms with van der Waals surface area (Å²) >= 11 is 0. The van der Waals surface area contributed by atoms with Crippen molar-refractivity contribution in [2.75, 3.05) is 13.1 Å². The molecule has 7 nitrogen and oxygen atoms in total. The van der Waals surface area contributed by atoms with Crippen molar-refractivity contribution in [2.24, 2.45) is 4.99 Å². The van der Waals surface area contributed by atoms with Crippen LogP contribution in [0.1, 0.15) is 27.2 Å². The molecule has 2 rings (SSSR count). The van der Waals surface area contributed by atoms with Crippen molar-refractivity contribution < 1.29 is 9.59 Å². The SMILES string of the molecule is C/C=C(\C=C/N(C=O)C1C=CC=CC1)C(=O)NCC1=CC(=NCC)NC(C)N1. The Bertz CT molecular complexity index is 746. The molecule has 7 heteroatoms. The molecule has 0 fully saturated rings. The molecule has 0 radical (unpaired) electrons. The van der Waals surface area contributed by atoms with Crippen LogP contribution in [0.5, 0.6) is 0 Å². The van der Waals surface area contributed by atoms with Crippen molar-refractivity contribution in [3.8, 4) is 0 Å². The average molecular weight is 383 g/mol. The molecule has 3 N–H and O–H groups in total. The number of hydrogen-bond acceptors (Lipinski definition) is 4. The first-order chi connectivity index (χ1) is 13.6. The first-order valence-electron chi connectivity index (χ1n) is 9.54. The maximum atomic E-state index is 12.5. The van der Waals surface area contributed by atoms with Crippen LogP contribution in [0, 0.1) is 0 Å². The normalized spacial score (nSPS) is 23.2. The summed E-state index contributed by atoms with van der Waals surface area (Å²) in [7, 11) is 0. The second-order valence-electron chi connectivity index (χ2n) is 6.45. The van der Waals surface area contributed by atoms with Crippen molar-refractivity contribution in [1.29, 1.82) is 0 Å². The number of carbonyl (C=O) groups is 2. The minimum absolute atomic E-state index is 0.0261. The van der Waals surface area contributed by atoms with Crippen LogP contribution >= 0.6 is 0 Å². The number of nitrogens with one attached hydrogen (secondary N) is 3. The van der Waals surface area contributed by atoms with Gasteiger partial charge in [0.1, 0.15) is 5.84 Å². The van der Waals surface area contributed by atoms with Gasteiger partial charge in [0, 0.05) is 30.1 Å². The monoisotopic (exact) mass is 383 g/mol. The van der Waals surface area contributed by atoms with E-state index in [-0.39, 0.29) is 18.1 Å². The third-order valence-electron chi connectivity index (χ3n) is 4.31. The fourth-order valence-corrected chi connectivity index (χ4v) is 2.91. The quantitative estimate of drug-likeness (QED) is 0.339. The summed E-state index contributed by atoms with van der Waals surface area (Å²) in [6.45, 7) is 6.82. The Kier molecular flexibility index (Phi) is 8.27. The van der Waals surface area contributed by atoms with Crippen molar-refractivity contribution in [1.82, 2.24) is 20.9 Å². The van der Waals surface area contributed by atoms with E-state index in [0.717, 1.165) is 24.4 Å². The highest BCUT2D eigenvalue weighted by atomic mass is 16.1. The number of nitrogens with zero attached hydrogens (tertiary/aromatic N) is 2. The molecule has 0 aromatic carbocycles. The van der Waals surface area contributed by atoms with E-state index in [1.807, 2.05) is 44.2 Å². The number of rotatable bonds is 8. The zero-order chi connectivity index (χ0) is 20.4. The topological polar surface area (TPSA) is 85.8 Å². The van der Waals surface area contributed by atoms with Crippen LogP contribution in [0.4, 0.5) is 0 Å². The molecule has 2 atom stereocenters. The molecule has 28 heavy (non-hydrogen) atoms. The molecule has 150 valence electrons. The fourth-order valence-electron chi connectivity index (χ4n) is 2.91. The average Bonchev–Trinajstić information content (AvgIpc) is 2.70. The molecule has 0 bridgehead atoms. The van der Waals surface area contributed by atoms with Crippen LogP contribution in [0.3, 0.4) is 0 Å². The number of hydrogen-bond donors (Lipinski definition) is 3. The van der Waals surface area contributed by atoms with Crippen LogP contribution in [-0.2, 0) is 9.59 Å². The molecule has 0 aromatic rings. The maximum Gasteiger partial charge on any atom is 0.251 e. The third kappa shape index (κ3) is 6.26. The summed E-state index contributed by atoms with van der Waals surface area (Å²) in [5, 5.41) is 9.39. The van der Waals surface area contributed by atoms with Crippen LogP contribution in [-0.4, -0.2) is 48.3 Å². The maximum absolute atomic E-state index is 12.5. The molecule has 2 aliphatic rings. The summed E-state index contributed by atoms with van der Waals surface area (Å²) in [5.41, 5.74) is 1.38. The highest BCUT2D eigenvalue weighted by Gasteiger charge is 2.15. The van der Waals surface area contributed by atoms with Gasteiger partial charge in [-0.1, -0.05) is 30.4 Å².